The molecule has 2 heterocycles. The molecule has 2 aromatic carbocycles. The number of nitrogens with zero attached hydrogens (tertiary/aromatic N) is 3. The van der Waals surface area contributed by atoms with Gasteiger partial charge >= 0.3 is 0 Å². The van der Waals surface area contributed by atoms with Gasteiger partial charge in [-0.2, -0.15) is 5.10 Å². The zero-order chi connectivity index (χ0) is 22.7. The molecule has 0 saturated heterocycles. The Bertz CT molecular complexity index is 1230. The fourth-order valence-corrected chi connectivity index (χ4v) is 3.74. The Hall–Kier alpha value is -3.45. The molecule has 4 rings (SSSR count). The van der Waals surface area contributed by atoms with Gasteiger partial charge < -0.3 is 9.73 Å². The molecule has 8 heteroatoms. The first-order chi connectivity index (χ1) is 15.4. The Kier molecular flexibility index (Phi) is 6.37. The summed E-state index contributed by atoms with van der Waals surface area (Å²) in [7, 11) is 0. The van der Waals surface area contributed by atoms with Crippen molar-refractivity contribution in [3.63, 3.8) is 0 Å². The van der Waals surface area contributed by atoms with Gasteiger partial charge in [0.05, 0.1) is 29.1 Å². The van der Waals surface area contributed by atoms with Crippen molar-refractivity contribution in [2.75, 3.05) is 0 Å². The van der Waals surface area contributed by atoms with Crippen molar-refractivity contribution < 1.29 is 13.6 Å². The van der Waals surface area contributed by atoms with Crippen molar-refractivity contribution in [2.45, 2.75) is 32.7 Å². The summed E-state index contributed by atoms with van der Waals surface area (Å²) in [4.78, 5) is 16.7. The Labute approximate surface area is 190 Å². The van der Waals surface area contributed by atoms with Crippen LogP contribution in [0.4, 0.5) is 4.39 Å². The first-order valence-corrected chi connectivity index (χ1v) is 10.6. The third-order valence-corrected chi connectivity index (χ3v) is 5.55. The van der Waals surface area contributed by atoms with Crippen LogP contribution >= 0.6 is 11.6 Å². The molecule has 164 valence electrons. The van der Waals surface area contributed by atoms with Crippen LogP contribution in [0.25, 0.3) is 17.0 Å². The van der Waals surface area contributed by atoms with Gasteiger partial charge in [0.2, 0.25) is 5.91 Å². The summed E-state index contributed by atoms with van der Waals surface area (Å²) in [6.45, 7) is 3.81. The van der Waals surface area contributed by atoms with E-state index in [0.29, 0.717) is 23.1 Å². The largest absolute Gasteiger partial charge is 0.441 e. The summed E-state index contributed by atoms with van der Waals surface area (Å²) in [6, 6.07) is 13.2. The molecule has 6 nitrogen and oxygen atoms in total. The number of benzene rings is 2. The van der Waals surface area contributed by atoms with Crippen LogP contribution in [0.2, 0.25) is 5.02 Å². The molecule has 2 aromatic heterocycles. The van der Waals surface area contributed by atoms with E-state index in [0.717, 1.165) is 22.5 Å². The molecule has 0 spiro atoms. The number of oxazole rings is 1. The maximum atomic E-state index is 13.2. The lowest BCUT2D eigenvalue weighted by Gasteiger charge is -2.14. The number of hydrogen-bond acceptors (Lipinski definition) is 4. The normalized spacial score (nSPS) is 12.0. The van der Waals surface area contributed by atoms with E-state index in [1.54, 1.807) is 35.3 Å². The summed E-state index contributed by atoms with van der Waals surface area (Å²) >= 11 is 6.20. The van der Waals surface area contributed by atoms with Crippen LogP contribution in [0.5, 0.6) is 0 Å². The molecule has 1 N–H and O–H groups in total. The monoisotopic (exact) mass is 452 g/mol. The summed E-state index contributed by atoms with van der Waals surface area (Å²) < 4.78 is 20.7. The zero-order valence-electron chi connectivity index (χ0n) is 17.7. The van der Waals surface area contributed by atoms with Gasteiger partial charge in [0.15, 0.2) is 11.7 Å². The number of nitrogens with one attached hydrogen (secondary N) is 1. The number of aryl methyl sites for hydroxylation is 1. The van der Waals surface area contributed by atoms with Crippen molar-refractivity contribution in [3.8, 4) is 17.0 Å². The molecule has 1 atom stereocenters. The van der Waals surface area contributed by atoms with Gasteiger partial charge in [0.25, 0.3) is 0 Å². The van der Waals surface area contributed by atoms with E-state index in [1.165, 1.54) is 12.1 Å². The minimum absolute atomic E-state index is 0.121. The van der Waals surface area contributed by atoms with Gasteiger partial charge in [-0.25, -0.2) is 14.1 Å². The Morgan fingerprint density at radius 2 is 1.94 bits per heavy atom. The summed E-state index contributed by atoms with van der Waals surface area (Å²) in [5.74, 6) is 0.625. The highest BCUT2D eigenvalue weighted by atomic mass is 35.5. The van der Waals surface area contributed by atoms with E-state index in [-0.39, 0.29) is 24.2 Å². The summed E-state index contributed by atoms with van der Waals surface area (Å²) in [5, 5.41) is 7.95. The highest BCUT2D eigenvalue weighted by Crippen LogP contribution is 2.28. The first-order valence-electron chi connectivity index (χ1n) is 10.2. The van der Waals surface area contributed by atoms with Crippen LogP contribution in [0.1, 0.15) is 36.5 Å². The van der Waals surface area contributed by atoms with Gasteiger partial charge in [0.1, 0.15) is 5.82 Å². The van der Waals surface area contributed by atoms with E-state index in [4.69, 9.17) is 16.0 Å². The van der Waals surface area contributed by atoms with Crippen molar-refractivity contribution in [2.24, 2.45) is 0 Å². The molecule has 0 saturated carbocycles. The first kappa shape index (κ1) is 21.8. The smallest absolute Gasteiger partial charge is 0.220 e. The third kappa shape index (κ3) is 4.73. The molecule has 0 bridgehead atoms. The average Bonchev–Trinajstić information content (AvgIpc) is 3.40. The molecule has 0 radical (unpaired) electrons. The number of carbonyl (C=O) groups excluding carboxylic acids is 1. The fourth-order valence-electron chi connectivity index (χ4n) is 3.51. The Balaban J connectivity index is 1.36. The SMILES string of the molecule is Cc1c(C(C)NC(=O)CCc2ncc(-c3ccccc3Cl)o2)cnn1-c1ccc(F)cc1. The topological polar surface area (TPSA) is 73.0 Å². The van der Waals surface area contributed by atoms with Crippen LogP contribution < -0.4 is 5.32 Å². The average molecular weight is 453 g/mol. The molecule has 4 aromatic rings. The zero-order valence-corrected chi connectivity index (χ0v) is 18.4. The molecule has 1 unspecified atom stereocenters. The summed E-state index contributed by atoms with van der Waals surface area (Å²) in [6.07, 6.45) is 3.94. The number of hydrogen-bond donors (Lipinski definition) is 1. The minimum atomic E-state index is -0.301. The quantitative estimate of drug-likeness (QED) is 0.405. The van der Waals surface area contributed by atoms with Crippen LogP contribution in [0.3, 0.4) is 0 Å². The Morgan fingerprint density at radius 1 is 1.19 bits per heavy atom. The van der Waals surface area contributed by atoms with Gasteiger partial charge in [-0.05, 0) is 50.2 Å². The van der Waals surface area contributed by atoms with Gasteiger partial charge in [-0.15, -0.1) is 0 Å². The second kappa shape index (κ2) is 9.36. The lowest BCUT2D eigenvalue weighted by Crippen LogP contribution is -2.27. The van der Waals surface area contributed by atoms with Crippen molar-refractivity contribution >= 4 is 17.5 Å². The van der Waals surface area contributed by atoms with Crippen molar-refractivity contribution in [1.82, 2.24) is 20.1 Å². The van der Waals surface area contributed by atoms with E-state index in [9.17, 15) is 9.18 Å². The standard InChI is InChI=1S/C24H22ClFN4O2/c1-15(20-13-28-30(16(20)2)18-9-7-17(26)8-10-18)29-23(31)11-12-24-27-14-22(32-24)19-5-3-4-6-21(19)25/h3-10,13-15H,11-12H2,1-2H3,(H,29,31). The van der Waals surface area contributed by atoms with Gasteiger partial charge in [0, 0.05) is 29.7 Å². The van der Waals surface area contributed by atoms with Gasteiger partial charge in [-0.3, -0.25) is 4.79 Å². The van der Waals surface area contributed by atoms with E-state index in [2.05, 4.69) is 15.4 Å². The maximum Gasteiger partial charge on any atom is 0.220 e. The Morgan fingerprint density at radius 3 is 2.69 bits per heavy atom. The molecular formula is C24H22ClFN4O2. The van der Waals surface area contributed by atoms with Crippen LogP contribution in [-0.4, -0.2) is 20.7 Å². The van der Waals surface area contributed by atoms with Gasteiger partial charge in [-0.1, -0.05) is 23.7 Å². The molecule has 0 fully saturated rings. The van der Waals surface area contributed by atoms with Crippen LogP contribution in [-0.2, 0) is 11.2 Å². The molecule has 0 aliphatic rings. The molecule has 0 aliphatic carbocycles. The van der Waals surface area contributed by atoms with Crippen molar-refractivity contribution in [3.05, 3.63) is 88.9 Å². The number of halogens is 2. The highest BCUT2D eigenvalue weighted by Gasteiger charge is 2.17. The predicted octanol–water partition coefficient (Wildman–Crippen LogP) is 5.44. The lowest BCUT2D eigenvalue weighted by molar-refractivity contribution is -0.121. The molecule has 0 aliphatic heterocycles. The van der Waals surface area contributed by atoms with E-state index in [1.807, 2.05) is 32.0 Å². The van der Waals surface area contributed by atoms with E-state index < -0.39 is 0 Å². The predicted molar refractivity (Wildman–Crippen MR) is 120 cm³/mol. The third-order valence-electron chi connectivity index (χ3n) is 5.22. The van der Waals surface area contributed by atoms with Crippen molar-refractivity contribution in [1.29, 1.82) is 0 Å². The van der Waals surface area contributed by atoms with Crippen LogP contribution in [0.15, 0.2) is 65.3 Å². The lowest BCUT2D eigenvalue weighted by atomic mass is 10.1. The number of carbonyl (C=O) groups is 1. The van der Waals surface area contributed by atoms with E-state index >= 15 is 0 Å². The number of rotatable bonds is 7. The second-order valence-electron chi connectivity index (χ2n) is 7.46. The highest BCUT2D eigenvalue weighted by molar-refractivity contribution is 6.33. The maximum absolute atomic E-state index is 13.2. The number of amides is 1. The number of aromatic nitrogens is 3. The van der Waals surface area contributed by atoms with Crippen LogP contribution in [0, 0.1) is 12.7 Å². The molecule has 1 amide bonds. The minimum Gasteiger partial charge on any atom is -0.441 e. The molecular weight excluding hydrogens is 431 g/mol. The second-order valence-corrected chi connectivity index (χ2v) is 7.87. The summed E-state index contributed by atoms with van der Waals surface area (Å²) in [5.41, 5.74) is 3.29. The fraction of sp³-hybridized carbons (Fsp3) is 0.208. The molecule has 32 heavy (non-hydrogen) atoms.